The van der Waals surface area contributed by atoms with Crippen LogP contribution in [0, 0.1) is 23.2 Å². The van der Waals surface area contributed by atoms with Crippen LogP contribution in [0.5, 0.6) is 0 Å². The average Bonchev–Trinajstić information content (AvgIpc) is 3.00. The van der Waals surface area contributed by atoms with E-state index in [2.05, 4.69) is 37.5 Å². The molecule has 0 N–H and O–H groups in total. The fourth-order valence-corrected chi connectivity index (χ4v) is 3.18. The van der Waals surface area contributed by atoms with Gasteiger partial charge >= 0.3 is 0 Å². The molecule has 1 saturated carbocycles. The number of nitrogens with zero attached hydrogens (tertiary/aromatic N) is 1. The van der Waals surface area contributed by atoms with Gasteiger partial charge in [0.2, 0.25) is 0 Å². The van der Waals surface area contributed by atoms with Gasteiger partial charge in [0.15, 0.2) is 0 Å². The van der Waals surface area contributed by atoms with Gasteiger partial charge in [-0.3, -0.25) is 0 Å². The summed E-state index contributed by atoms with van der Waals surface area (Å²) < 4.78 is 0. The fraction of sp³-hybridized carbons (Fsp3) is 0.400. The Morgan fingerprint density at radius 3 is 2.33 bits per heavy atom. The Labute approximate surface area is 115 Å². The minimum atomic E-state index is -1.17. The zero-order valence-electron chi connectivity index (χ0n) is 11.0. The van der Waals surface area contributed by atoms with Gasteiger partial charge in [0.05, 0.1) is 20.1 Å². The Morgan fingerprint density at radius 1 is 1.22 bits per heavy atom. The molecule has 0 aliphatic heterocycles. The van der Waals surface area contributed by atoms with E-state index in [1.807, 2.05) is 24.3 Å². The van der Waals surface area contributed by atoms with Gasteiger partial charge in [0.1, 0.15) is 0 Å². The van der Waals surface area contributed by atoms with Crippen LogP contribution in [0.2, 0.25) is 24.7 Å². The lowest BCUT2D eigenvalue weighted by atomic mass is 10.1. The molecular weight excluding hydrogens is 258 g/mol. The molecule has 0 amide bonds. The van der Waals surface area contributed by atoms with E-state index in [1.165, 1.54) is 5.56 Å². The number of allylic oxidation sites excluding steroid dienone is 1. The van der Waals surface area contributed by atoms with Crippen LogP contribution in [-0.4, -0.2) is 8.07 Å². The SMILES string of the molecule is C[Si](C)(C)/C=C/[C@H]1[C@H](C#N)[C@H]1c1ccc(Cl)cc1. The van der Waals surface area contributed by atoms with E-state index < -0.39 is 8.07 Å². The maximum absolute atomic E-state index is 9.19. The van der Waals surface area contributed by atoms with Gasteiger partial charge in [-0.05, 0) is 17.7 Å². The Bertz CT molecular complexity index is 493. The predicted molar refractivity (Wildman–Crippen MR) is 79.3 cm³/mol. The number of benzene rings is 1. The van der Waals surface area contributed by atoms with Crippen molar-refractivity contribution in [2.75, 3.05) is 0 Å². The molecule has 3 atom stereocenters. The summed E-state index contributed by atoms with van der Waals surface area (Å²) in [5.74, 6) is 0.890. The number of halogens is 1. The first-order chi connectivity index (χ1) is 8.42. The minimum Gasteiger partial charge on any atom is -0.198 e. The van der Waals surface area contributed by atoms with Crippen molar-refractivity contribution in [2.24, 2.45) is 11.8 Å². The molecule has 1 aliphatic carbocycles. The topological polar surface area (TPSA) is 23.8 Å². The molecule has 18 heavy (non-hydrogen) atoms. The molecule has 1 fully saturated rings. The standard InChI is InChI=1S/C15H18ClNSi/c1-18(2,3)9-8-13-14(10-17)15(13)11-4-6-12(16)7-5-11/h4-9,13-15H,1-3H3/b9-8+/t13-,14-,15-/m0/s1. The average molecular weight is 276 g/mol. The normalized spacial score (nSPS) is 27.2. The number of hydrogen-bond acceptors (Lipinski definition) is 1. The minimum absolute atomic E-state index is 0.138. The van der Waals surface area contributed by atoms with Crippen LogP contribution in [0.25, 0.3) is 0 Å². The first-order valence-corrected chi connectivity index (χ1v) is 10.2. The molecule has 1 aromatic carbocycles. The van der Waals surface area contributed by atoms with E-state index in [9.17, 15) is 5.26 Å². The van der Waals surface area contributed by atoms with Crippen molar-refractivity contribution in [1.82, 2.24) is 0 Å². The maximum atomic E-state index is 9.19. The summed E-state index contributed by atoms with van der Waals surface area (Å²) in [4.78, 5) is 0. The molecule has 94 valence electrons. The van der Waals surface area contributed by atoms with Crippen LogP contribution in [0.1, 0.15) is 11.5 Å². The van der Waals surface area contributed by atoms with Gasteiger partial charge < -0.3 is 0 Å². The number of nitriles is 1. The quantitative estimate of drug-likeness (QED) is 0.738. The van der Waals surface area contributed by atoms with E-state index in [1.54, 1.807) is 0 Å². The third-order valence-corrected chi connectivity index (χ3v) is 4.74. The summed E-state index contributed by atoms with van der Waals surface area (Å²) in [6, 6.07) is 10.3. The lowest BCUT2D eigenvalue weighted by Gasteiger charge is -2.07. The zero-order valence-corrected chi connectivity index (χ0v) is 12.8. The molecule has 1 aliphatic rings. The Kier molecular flexibility index (Phi) is 3.65. The van der Waals surface area contributed by atoms with E-state index >= 15 is 0 Å². The van der Waals surface area contributed by atoms with Crippen LogP contribution in [-0.2, 0) is 0 Å². The summed E-state index contributed by atoms with van der Waals surface area (Å²) in [5.41, 5.74) is 3.58. The van der Waals surface area contributed by atoms with Crippen molar-refractivity contribution in [3.8, 4) is 6.07 Å². The molecule has 0 bridgehead atoms. The lowest BCUT2D eigenvalue weighted by Crippen LogP contribution is -2.15. The highest BCUT2D eigenvalue weighted by atomic mass is 35.5. The Balaban J connectivity index is 2.13. The van der Waals surface area contributed by atoms with Crippen molar-refractivity contribution >= 4 is 19.7 Å². The van der Waals surface area contributed by atoms with Crippen LogP contribution in [0.4, 0.5) is 0 Å². The van der Waals surface area contributed by atoms with Crippen LogP contribution in [0.15, 0.2) is 36.0 Å². The first kappa shape index (κ1) is 13.4. The molecule has 0 saturated heterocycles. The van der Waals surface area contributed by atoms with Crippen LogP contribution < -0.4 is 0 Å². The second-order valence-electron chi connectivity index (χ2n) is 6.03. The number of rotatable bonds is 3. The lowest BCUT2D eigenvalue weighted by molar-refractivity contribution is 1.01. The highest BCUT2D eigenvalue weighted by Gasteiger charge is 2.49. The predicted octanol–water partition coefficient (Wildman–Crippen LogP) is 4.63. The monoisotopic (exact) mass is 275 g/mol. The third kappa shape index (κ3) is 3.04. The summed E-state index contributed by atoms with van der Waals surface area (Å²) in [7, 11) is -1.17. The van der Waals surface area contributed by atoms with Gasteiger partial charge in [0.25, 0.3) is 0 Å². The molecule has 1 nitrogen and oxygen atoms in total. The van der Waals surface area contributed by atoms with Gasteiger partial charge in [-0.15, -0.1) is 0 Å². The smallest absolute Gasteiger partial charge is 0.0683 e. The Hall–Kier alpha value is -1.04. The Morgan fingerprint density at radius 2 is 1.83 bits per heavy atom. The van der Waals surface area contributed by atoms with Crippen molar-refractivity contribution in [3.63, 3.8) is 0 Å². The van der Waals surface area contributed by atoms with E-state index in [0.29, 0.717) is 11.8 Å². The summed E-state index contributed by atoms with van der Waals surface area (Å²) in [6.45, 7) is 6.93. The molecule has 0 unspecified atom stereocenters. The van der Waals surface area contributed by atoms with Crippen molar-refractivity contribution in [2.45, 2.75) is 25.6 Å². The summed E-state index contributed by atoms with van der Waals surface area (Å²) in [6.07, 6.45) is 2.26. The summed E-state index contributed by atoms with van der Waals surface area (Å²) >= 11 is 5.89. The third-order valence-electron chi connectivity index (χ3n) is 3.30. The molecular formula is C15H18ClNSi. The molecule has 0 aromatic heterocycles. The summed E-state index contributed by atoms with van der Waals surface area (Å²) in [5, 5.41) is 9.95. The van der Waals surface area contributed by atoms with Crippen LogP contribution >= 0.6 is 11.6 Å². The van der Waals surface area contributed by atoms with Gasteiger partial charge in [0, 0.05) is 16.9 Å². The highest BCUT2D eigenvalue weighted by Crippen LogP contribution is 2.54. The van der Waals surface area contributed by atoms with Gasteiger partial charge in [-0.1, -0.05) is 55.2 Å². The van der Waals surface area contributed by atoms with Crippen LogP contribution in [0.3, 0.4) is 0 Å². The van der Waals surface area contributed by atoms with Crippen molar-refractivity contribution in [1.29, 1.82) is 5.26 Å². The molecule has 0 heterocycles. The number of hydrogen-bond donors (Lipinski definition) is 0. The van der Waals surface area contributed by atoms with E-state index in [0.717, 1.165) is 5.02 Å². The fourth-order valence-electron chi connectivity index (χ4n) is 2.25. The van der Waals surface area contributed by atoms with Gasteiger partial charge in [-0.25, -0.2) is 0 Å². The van der Waals surface area contributed by atoms with Gasteiger partial charge in [-0.2, -0.15) is 5.26 Å². The molecule has 2 rings (SSSR count). The second kappa shape index (κ2) is 4.91. The first-order valence-electron chi connectivity index (χ1n) is 6.27. The van der Waals surface area contributed by atoms with E-state index in [4.69, 9.17) is 11.6 Å². The maximum Gasteiger partial charge on any atom is 0.0683 e. The highest BCUT2D eigenvalue weighted by molar-refractivity contribution is 6.80. The largest absolute Gasteiger partial charge is 0.198 e. The van der Waals surface area contributed by atoms with Crippen molar-refractivity contribution < 1.29 is 0 Å². The molecule has 0 radical (unpaired) electrons. The second-order valence-corrected chi connectivity index (χ2v) is 11.5. The molecule has 1 aromatic rings. The molecule has 3 heteroatoms. The molecule has 0 spiro atoms. The van der Waals surface area contributed by atoms with Crippen molar-refractivity contribution in [3.05, 3.63) is 46.6 Å². The zero-order chi connectivity index (χ0) is 13.3. The van der Waals surface area contributed by atoms with E-state index in [-0.39, 0.29) is 5.92 Å².